The van der Waals surface area contributed by atoms with E-state index in [1.165, 1.54) is 141 Å². The predicted molar refractivity (Wildman–Crippen MR) is 340 cm³/mol. The molecule has 9 nitrogen and oxygen atoms in total. The highest BCUT2D eigenvalue weighted by Crippen LogP contribution is 2.23. The lowest BCUT2D eigenvalue weighted by atomic mass is 9.99. The number of aliphatic hydroxyl groups is 5. The minimum atomic E-state index is -1.58. The van der Waals surface area contributed by atoms with E-state index in [9.17, 15) is 30.3 Å². The summed E-state index contributed by atoms with van der Waals surface area (Å²) in [6.07, 6.45) is 81.3. The SMILES string of the molecule is CC/C=C\C/C=C\C/C=C\C/C=C\C/C=C\C/C=C\C/C=C\C/C=C\CCCCCCCCCCC(=O)NC(COC1OC(CO)C(O)C(O)C1O)C(O)/C=C/CC/C=C/CCCCCCCCCCCCCCCCCCCC. The summed E-state index contributed by atoms with van der Waals surface area (Å²) in [5.41, 5.74) is 0. The van der Waals surface area contributed by atoms with Crippen molar-refractivity contribution in [1.82, 2.24) is 5.32 Å². The zero-order valence-electron chi connectivity index (χ0n) is 51.0. The van der Waals surface area contributed by atoms with Crippen molar-refractivity contribution in [3.8, 4) is 0 Å². The lowest BCUT2D eigenvalue weighted by Crippen LogP contribution is -2.60. The van der Waals surface area contributed by atoms with Gasteiger partial charge < -0.3 is 40.3 Å². The van der Waals surface area contributed by atoms with Gasteiger partial charge in [0.1, 0.15) is 24.4 Å². The molecule has 0 aromatic heterocycles. The van der Waals surface area contributed by atoms with Gasteiger partial charge in [0, 0.05) is 6.42 Å². The maximum atomic E-state index is 13.1. The van der Waals surface area contributed by atoms with Crippen LogP contribution in [-0.4, -0.2) is 87.5 Å². The highest BCUT2D eigenvalue weighted by molar-refractivity contribution is 5.76. The molecule has 9 heteroatoms. The van der Waals surface area contributed by atoms with Crippen LogP contribution in [0.5, 0.6) is 0 Å². The van der Waals surface area contributed by atoms with Gasteiger partial charge in [0.15, 0.2) is 6.29 Å². The number of ether oxygens (including phenoxy) is 2. The molecule has 80 heavy (non-hydrogen) atoms. The van der Waals surface area contributed by atoms with Gasteiger partial charge in [-0.05, 0) is 96.3 Å². The molecule has 7 unspecified atom stereocenters. The zero-order valence-corrected chi connectivity index (χ0v) is 51.0. The normalized spacial score (nSPS) is 19.3. The topological polar surface area (TPSA) is 149 Å². The summed E-state index contributed by atoms with van der Waals surface area (Å²) in [4.78, 5) is 13.1. The van der Waals surface area contributed by atoms with Crippen molar-refractivity contribution in [2.75, 3.05) is 13.2 Å². The Kier molecular flexibility index (Phi) is 54.8. The second-order valence-corrected chi connectivity index (χ2v) is 22.2. The van der Waals surface area contributed by atoms with Gasteiger partial charge in [0.25, 0.3) is 0 Å². The van der Waals surface area contributed by atoms with Crippen LogP contribution in [0.3, 0.4) is 0 Å². The number of rotatable bonds is 55. The van der Waals surface area contributed by atoms with Crippen molar-refractivity contribution in [2.24, 2.45) is 0 Å². The molecule has 1 heterocycles. The van der Waals surface area contributed by atoms with E-state index in [1.807, 2.05) is 6.08 Å². The Morgan fingerprint density at radius 3 is 1.20 bits per heavy atom. The molecule has 0 aromatic rings. The van der Waals surface area contributed by atoms with Gasteiger partial charge in [0.2, 0.25) is 5.91 Å². The molecule has 0 spiro atoms. The van der Waals surface area contributed by atoms with E-state index in [-0.39, 0.29) is 12.5 Å². The Morgan fingerprint density at radius 2 is 0.787 bits per heavy atom. The third kappa shape index (κ3) is 47.1. The van der Waals surface area contributed by atoms with E-state index in [4.69, 9.17) is 9.47 Å². The van der Waals surface area contributed by atoms with Crippen molar-refractivity contribution in [1.29, 1.82) is 0 Å². The smallest absolute Gasteiger partial charge is 0.220 e. The second kappa shape index (κ2) is 58.8. The Morgan fingerprint density at radius 1 is 0.438 bits per heavy atom. The molecule has 1 aliphatic heterocycles. The summed E-state index contributed by atoms with van der Waals surface area (Å²) in [5, 5.41) is 54.7. The molecule has 0 radical (unpaired) electrons. The van der Waals surface area contributed by atoms with Crippen LogP contribution in [0.25, 0.3) is 0 Å². The van der Waals surface area contributed by atoms with Crippen LogP contribution in [0.2, 0.25) is 0 Å². The second-order valence-electron chi connectivity index (χ2n) is 22.2. The molecule has 1 fully saturated rings. The molecule has 0 bridgehead atoms. The lowest BCUT2D eigenvalue weighted by molar-refractivity contribution is -0.302. The Hall–Kier alpha value is -3.41. The van der Waals surface area contributed by atoms with Gasteiger partial charge in [-0.1, -0.05) is 283 Å². The first-order valence-corrected chi connectivity index (χ1v) is 32.8. The van der Waals surface area contributed by atoms with Crippen molar-refractivity contribution < 1.29 is 39.8 Å². The first-order valence-electron chi connectivity index (χ1n) is 32.8. The third-order valence-electron chi connectivity index (χ3n) is 14.8. The number of hydrogen-bond acceptors (Lipinski definition) is 8. The quantitative estimate of drug-likeness (QED) is 0.0261. The average Bonchev–Trinajstić information content (AvgIpc) is 3.46. The van der Waals surface area contributed by atoms with Crippen molar-refractivity contribution in [2.45, 2.75) is 307 Å². The molecule has 0 saturated carbocycles. The Bertz CT molecular complexity index is 1670. The molecule has 1 saturated heterocycles. The highest BCUT2D eigenvalue weighted by atomic mass is 16.7. The molecule has 7 atom stereocenters. The predicted octanol–water partition coefficient (Wildman–Crippen LogP) is 17.5. The first kappa shape index (κ1) is 74.6. The fourth-order valence-electron chi connectivity index (χ4n) is 9.66. The molecule has 1 amide bonds. The molecule has 0 aliphatic carbocycles. The van der Waals surface area contributed by atoms with E-state index in [0.29, 0.717) is 6.42 Å². The molecule has 1 rings (SSSR count). The molecule has 1 aliphatic rings. The summed E-state index contributed by atoms with van der Waals surface area (Å²) < 4.78 is 11.3. The maximum Gasteiger partial charge on any atom is 0.220 e. The van der Waals surface area contributed by atoms with Crippen LogP contribution in [0.4, 0.5) is 0 Å². The van der Waals surface area contributed by atoms with Gasteiger partial charge in [-0.15, -0.1) is 0 Å². The van der Waals surface area contributed by atoms with Crippen molar-refractivity contribution in [3.63, 3.8) is 0 Å². The van der Waals surface area contributed by atoms with Crippen molar-refractivity contribution in [3.05, 3.63) is 122 Å². The first-order chi connectivity index (χ1) is 39.3. The number of carbonyl (C=O) groups is 1. The standard InChI is InChI=1S/C71H121NO8/c1-3-5-7-9-11-13-15-17-19-21-23-25-27-29-30-31-32-33-34-35-36-37-39-41-43-45-47-49-51-53-55-57-59-61-67(75)72-64(63-79-71-70(78)69(77)68(76)66(62-73)80-71)65(74)60-58-56-54-52-50-48-46-44-42-40-38-28-26-24-22-20-18-16-14-12-10-8-6-4-2/h5,7,11,13,17,19,23,25,29-30,32-33,35-36,39,41,50,52,58,60,64-66,68-71,73-74,76-78H,3-4,6,8-10,12,14-16,18,20-22,24,26-28,31,34,37-38,40,42-49,51,53-57,59,61-63H2,1-2H3,(H,72,75)/b7-5-,13-11-,19-17-,25-23-,30-29-,33-32-,36-35-,41-39-,52-50+,60-58+. The van der Waals surface area contributed by atoms with Crippen LogP contribution in [-0.2, 0) is 14.3 Å². The molecular weight excluding hydrogens is 995 g/mol. The van der Waals surface area contributed by atoms with E-state index in [0.717, 1.165) is 103 Å². The fraction of sp³-hybridized carbons (Fsp3) is 0.704. The number of allylic oxidation sites excluding steroid dienone is 19. The van der Waals surface area contributed by atoms with Crippen LogP contribution in [0.15, 0.2) is 122 Å². The number of amides is 1. The van der Waals surface area contributed by atoms with Gasteiger partial charge in [-0.3, -0.25) is 4.79 Å². The van der Waals surface area contributed by atoms with Gasteiger partial charge in [-0.25, -0.2) is 0 Å². The summed E-state index contributed by atoms with van der Waals surface area (Å²) in [6.45, 7) is 3.66. The Labute approximate surface area is 490 Å². The number of unbranched alkanes of at least 4 members (excludes halogenated alkanes) is 27. The van der Waals surface area contributed by atoms with Gasteiger partial charge >= 0.3 is 0 Å². The maximum absolute atomic E-state index is 13.1. The van der Waals surface area contributed by atoms with Crippen LogP contribution < -0.4 is 5.32 Å². The van der Waals surface area contributed by atoms with Gasteiger partial charge in [0.05, 0.1) is 25.4 Å². The summed E-state index contributed by atoms with van der Waals surface area (Å²) in [5.74, 6) is -0.198. The third-order valence-corrected chi connectivity index (χ3v) is 14.8. The monoisotopic (exact) mass is 1120 g/mol. The van der Waals surface area contributed by atoms with E-state index in [1.54, 1.807) is 6.08 Å². The number of carbonyl (C=O) groups excluding carboxylic acids is 1. The largest absolute Gasteiger partial charge is 0.394 e. The molecular formula is C71H121NO8. The minimum absolute atomic E-state index is 0.198. The molecule has 0 aromatic carbocycles. The Balaban J connectivity index is 2.22. The van der Waals surface area contributed by atoms with Crippen molar-refractivity contribution >= 4 is 5.91 Å². The summed E-state index contributed by atoms with van der Waals surface area (Å²) >= 11 is 0. The molecule has 6 N–H and O–H groups in total. The highest BCUT2D eigenvalue weighted by Gasteiger charge is 2.44. The van der Waals surface area contributed by atoms with E-state index >= 15 is 0 Å². The summed E-state index contributed by atoms with van der Waals surface area (Å²) in [7, 11) is 0. The minimum Gasteiger partial charge on any atom is -0.394 e. The van der Waals surface area contributed by atoms with E-state index in [2.05, 4.69) is 129 Å². The van der Waals surface area contributed by atoms with E-state index < -0.39 is 49.5 Å². The number of aliphatic hydroxyl groups excluding tert-OH is 5. The van der Waals surface area contributed by atoms with Crippen LogP contribution >= 0.6 is 0 Å². The van der Waals surface area contributed by atoms with Gasteiger partial charge in [-0.2, -0.15) is 0 Å². The van der Waals surface area contributed by atoms with Crippen LogP contribution in [0.1, 0.15) is 264 Å². The summed E-state index contributed by atoms with van der Waals surface area (Å²) in [6, 6.07) is -0.837. The zero-order chi connectivity index (χ0) is 57.9. The number of hydrogen-bond donors (Lipinski definition) is 6. The molecule has 458 valence electrons. The number of nitrogens with one attached hydrogen (secondary N) is 1. The average molecular weight is 1120 g/mol. The lowest BCUT2D eigenvalue weighted by Gasteiger charge is -2.40. The fourth-order valence-corrected chi connectivity index (χ4v) is 9.66. The van der Waals surface area contributed by atoms with Crippen LogP contribution in [0, 0.1) is 0 Å².